The molecule has 0 saturated heterocycles. The summed E-state index contributed by atoms with van der Waals surface area (Å²) in [5.41, 5.74) is 1.68. The Bertz CT molecular complexity index is 749. The smallest absolute Gasteiger partial charge is 0.340 e. The molecule has 0 saturated carbocycles. The van der Waals surface area contributed by atoms with Gasteiger partial charge in [0.25, 0.3) is 0 Å². The predicted octanol–water partition coefficient (Wildman–Crippen LogP) is 3.81. The molecule has 0 radical (unpaired) electrons. The zero-order valence-electron chi connectivity index (χ0n) is 14.2. The third kappa shape index (κ3) is 5.31. The van der Waals surface area contributed by atoms with Crippen molar-refractivity contribution in [3.05, 3.63) is 64.7 Å². The second-order valence-corrected chi connectivity index (χ2v) is 5.85. The number of hydrogen-bond donors (Lipinski definition) is 2. The number of esters is 1. The summed E-state index contributed by atoms with van der Waals surface area (Å²) in [6.07, 6.45) is 0. The van der Waals surface area contributed by atoms with Crippen LogP contribution in [0, 0.1) is 0 Å². The van der Waals surface area contributed by atoms with Crippen LogP contribution in [-0.4, -0.2) is 25.0 Å². The maximum absolute atomic E-state index is 12.2. The van der Waals surface area contributed by atoms with E-state index in [4.69, 9.17) is 16.3 Å². The van der Waals surface area contributed by atoms with Crippen molar-refractivity contribution in [2.45, 2.75) is 19.9 Å². The highest BCUT2D eigenvalue weighted by Crippen LogP contribution is 2.22. The van der Waals surface area contributed by atoms with Crippen molar-refractivity contribution < 1.29 is 14.3 Å². The number of benzene rings is 2. The lowest BCUT2D eigenvalue weighted by molar-refractivity contribution is -0.115. The highest BCUT2D eigenvalue weighted by molar-refractivity contribution is 6.31. The Morgan fingerprint density at radius 2 is 1.80 bits per heavy atom. The van der Waals surface area contributed by atoms with Crippen LogP contribution in [0.1, 0.15) is 35.8 Å². The first-order chi connectivity index (χ1) is 12.0. The van der Waals surface area contributed by atoms with Crippen LogP contribution in [0.25, 0.3) is 0 Å². The molecule has 0 aromatic heterocycles. The van der Waals surface area contributed by atoms with Crippen molar-refractivity contribution in [1.29, 1.82) is 0 Å². The summed E-state index contributed by atoms with van der Waals surface area (Å²) in [7, 11) is 0. The van der Waals surface area contributed by atoms with Crippen molar-refractivity contribution in [3.63, 3.8) is 0 Å². The molecule has 0 spiro atoms. The minimum Gasteiger partial charge on any atom is -0.462 e. The zero-order valence-corrected chi connectivity index (χ0v) is 15.0. The molecule has 0 bridgehead atoms. The molecule has 1 atom stereocenters. The van der Waals surface area contributed by atoms with E-state index in [1.54, 1.807) is 31.2 Å². The molecular formula is C19H21ClN2O3. The van der Waals surface area contributed by atoms with Crippen LogP contribution < -0.4 is 10.6 Å². The average molecular weight is 361 g/mol. The fraction of sp³-hybridized carbons (Fsp3) is 0.263. The molecule has 2 rings (SSSR count). The molecule has 0 heterocycles. The normalized spacial score (nSPS) is 11.6. The van der Waals surface area contributed by atoms with Crippen LogP contribution in [0.4, 0.5) is 5.69 Å². The molecule has 1 amide bonds. The SMILES string of the molecule is CCOC(=O)c1ccccc1NC(=O)CN[C@@H](C)c1ccccc1Cl. The molecule has 0 aliphatic heterocycles. The van der Waals surface area contributed by atoms with Crippen molar-refractivity contribution in [2.75, 3.05) is 18.5 Å². The molecule has 6 heteroatoms. The third-order valence-electron chi connectivity index (χ3n) is 3.64. The Balaban J connectivity index is 1.97. The number of para-hydroxylation sites is 1. The van der Waals surface area contributed by atoms with E-state index in [0.717, 1.165) is 5.56 Å². The third-order valence-corrected chi connectivity index (χ3v) is 3.98. The van der Waals surface area contributed by atoms with Crippen LogP contribution >= 0.6 is 11.6 Å². The Morgan fingerprint density at radius 3 is 2.52 bits per heavy atom. The standard InChI is InChI=1S/C19H21ClN2O3/c1-3-25-19(24)15-9-5-7-11-17(15)22-18(23)12-21-13(2)14-8-4-6-10-16(14)20/h4-11,13,21H,3,12H2,1-2H3,(H,22,23)/t13-/m0/s1. The fourth-order valence-corrected chi connectivity index (χ4v) is 2.65. The van der Waals surface area contributed by atoms with Crippen molar-refractivity contribution >= 4 is 29.2 Å². The minimum absolute atomic E-state index is 0.0836. The van der Waals surface area contributed by atoms with Gasteiger partial charge < -0.3 is 15.4 Å². The summed E-state index contributed by atoms with van der Waals surface area (Å²) in [6, 6.07) is 14.2. The molecule has 2 aromatic rings. The van der Waals surface area contributed by atoms with Gasteiger partial charge in [0.2, 0.25) is 5.91 Å². The monoisotopic (exact) mass is 360 g/mol. The van der Waals surface area contributed by atoms with Gasteiger partial charge in [0, 0.05) is 11.1 Å². The number of nitrogens with one attached hydrogen (secondary N) is 2. The van der Waals surface area contributed by atoms with Gasteiger partial charge in [-0.2, -0.15) is 0 Å². The van der Waals surface area contributed by atoms with Crippen LogP contribution in [0.15, 0.2) is 48.5 Å². The van der Waals surface area contributed by atoms with Gasteiger partial charge >= 0.3 is 5.97 Å². The summed E-state index contributed by atoms with van der Waals surface area (Å²) in [5, 5.41) is 6.51. The van der Waals surface area contributed by atoms with E-state index in [-0.39, 0.29) is 25.1 Å². The van der Waals surface area contributed by atoms with Gasteiger partial charge in [-0.3, -0.25) is 4.79 Å². The van der Waals surface area contributed by atoms with E-state index in [1.165, 1.54) is 0 Å². The topological polar surface area (TPSA) is 67.4 Å². The lowest BCUT2D eigenvalue weighted by atomic mass is 10.1. The minimum atomic E-state index is -0.462. The summed E-state index contributed by atoms with van der Waals surface area (Å²) in [5.74, 6) is -0.716. The highest BCUT2D eigenvalue weighted by Gasteiger charge is 2.15. The maximum Gasteiger partial charge on any atom is 0.340 e. The van der Waals surface area contributed by atoms with E-state index in [9.17, 15) is 9.59 Å². The second kappa shape index (κ2) is 9.20. The van der Waals surface area contributed by atoms with Gasteiger partial charge in [-0.05, 0) is 37.6 Å². The molecule has 0 fully saturated rings. The van der Waals surface area contributed by atoms with Crippen molar-refractivity contribution in [2.24, 2.45) is 0 Å². The first kappa shape index (κ1) is 19.0. The maximum atomic E-state index is 12.2. The molecule has 2 N–H and O–H groups in total. The number of carbonyl (C=O) groups excluding carboxylic acids is 2. The molecule has 0 aliphatic carbocycles. The second-order valence-electron chi connectivity index (χ2n) is 5.44. The van der Waals surface area contributed by atoms with E-state index in [0.29, 0.717) is 16.3 Å². The van der Waals surface area contributed by atoms with Gasteiger partial charge in [0.1, 0.15) is 0 Å². The van der Waals surface area contributed by atoms with Crippen molar-refractivity contribution in [1.82, 2.24) is 5.32 Å². The van der Waals surface area contributed by atoms with Crippen LogP contribution in [0.5, 0.6) is 0 Å². The number of carbonyl (C=O) groups is 2. The number of amides is 1. The van der Waals surface area contributed by atoms with Gasteiger partial charge in [-0.15, -0.1) is 0 Å². The summed E-state index contributed by atoms with van der Waals surface area (Å²) >= 11 is 6.16. The summed E-state index contributed by atoms with van der Waals surface area (Å²) in [4.78, 5) is 24.1. The number of halogens is 1. The number of hydrogen-bond acceptors (Lipinski definition) is 4. The quantitative estimate of drug-likeness (QED) is 0.737. The Morgan fingerprint density at radius 1 is 1.12 bits per heavy atom. The van der Waals surface area contributed by atoms with E-state index < -0.39 is 5.97 Å². The number of anilines is 1. The molecule has 5 nitrogen and oxygen atoms in total. The molecule has 2 aromatic carbocycles. The Hall–Kier alpha value is -2.37. The van der Waals surface area contributed by atoms with E-state index in [1.807, 2.05) is 31.2 Å². The van der Waals surface area contributed by atoms with E-state index >= 15 is 0 Å². The highest BCUT2D eigenvalue weighted by atomic mass is 35.5. The van der Waals surface area contributed by atoms with Crippen molar-refractivity contribution in [3.8, 4) is 0 Å². The zero-order chi connectivity index (χ0) is 18.2. The van der Waals surface area contributed by atoms with Gasteiger partial charge in [-0.25, -0.2) is 4.79 Å². The number of rotatable bonds is 7. The lowest BCUT2D eigenvalue weighted by Crippen LogP contribution is -2.30. The molecular weight excluding hydrogens is 340 g/mol. The number of ether oxygens (including phenoxy) is 1. The van der Waals surface area contributed by atoms with Crippen LogP contribution in [-0.2, 0) is 9.53 Å². The van der Waals surface area contributed by atoms with E-state index in [2.05, 4.69) is 10.6 Å². The average Bonchev–Trinajstić information content (AvgIpc) is 2.60. The molecule has 0 unspecified atom stereocenters. The fourth-order valence-electron chi connectivity index (χ4n) is 2.36. The Labute approximate surface area is 152 Å². The van der Waals surface area contributed by atoms with Gasteiger partial charge in [0.05, 0.1) is 24.4 Å². The Kier molecular flexibility index (Phi) is 6.98. The summed E-state index contributed by atoms with van der Waals surface area (Å²) < 4.78 is 5.00. The first-order valence-corrected chi connectivity index (χ1v) is 8.44. The van der Waals surface area contributed by atoms with Crippen LogP contribution in [0.3, 0.4) is 0 Å². The van der Waals surface area contributed by atoms with Gasteiger partial charge in [0.15, 0.2) is 0 Å². The van der Waals surface area contributed by atoms with Gasteiger partial charge in [-0.1, -0.05) is 41.9 Å². The first-order valence-electron chi connectivity index (χ1n) is 8.06. The lowest BCUT2D eigenvalue weighted by Gasteiger charge is -2.16. The summed E-state index contributed by atoms with van der Waals surface area (Å²) in [6.45, 7) is 4.03. The molecule has 25 heavy (non-hydrogen) atoms. The predicted molar refractivity (Wildman–Crippen MR) is 98.9 cm³/mol. The molecule has 0 aliphatic rings. The largest absolute Gasteiger partial charge is 0.462 e. The van der Waals surface area contributed by atoms with Crippen LogP contribution in [0.2, 0.25) is 5.02 Å². The molecule has 132 valence electrons.